The first-order valence-corrected chi connectivity index (χ1v) is 7.28. The molecule has 0 radical (unpaired) electrons. The van der Waals surface area contributed by atoms with Gasteiger partial charge in [0.15, 0.2) is 0 Å². The minimum absolute atomic E-state index is 0.0792. The number of hydrogen-bond donors (Lipinski definition) is 1. The van der Waals surface area contributed by atoms with E-state index in [0.717, 1.165) is 18.4 Å². The molecular weight excluding hydrogens is 270 g/mol. The van der Waals surface area contributed by atoms with E-state index in [1.807, 2.05) is 30.3 Å². The predicted molar refractivity (Wildman–Crippen MR) is 84.0 cm³/mol. The van der Waals surface area contributed by atoms with E-state index < -0.39 is 0 Å². The Labute approximate surface area is 125 Å². The fourth-order valence-electron chi connectivity index (χ4n) is 2.15. The number of ether oxygens (including phenoxy) is 1. The summed E-state index contributed by atoms with van der Waals surface area (Å²) in [4.78, 5) is 0. The van der Waals surface area contributed by atoms with Gasteiger partial charge < -0.3 is 10.5 Å². The summed E-state index contributed by atoms with van der Waals surface area (Å²) in [6, 6.07) is 18.1. The number of hydrogen-bond acceptors (Lipinski definition) is 2. The molecular formula is C17H20ClNO. The van der Waals surface area contributed by atoms with Crippen molar-refractivity contribution in [3.8, 4) is 0 Å². The highest BCUT2D eigenvalue weighted by Gasteiger charge is 2.10. The fourth-order valence-corrected chi connectivity index (χ4v) is 2.35. The van der Waals surface area contributed by atoms with Gasteiger partial charge in [0.2, 0.25) is 0 Å². The Hall–Kier alpha value is -1.35. The van der Waals surface area contributed by atoms with Gasteiger partial charge in [0.25, 0.3) is 0 Å². The summed E-state index contributed by atoms with van der Waals surface area (Å²) in [5, 5.41) is 0.717. The van der Waals surface area contributed by atoms with Gasteiger partial charge in [-0.25, -0.2) is 0 Å². The summed E-state index contributed by atoms with van der Waals surface area (Å²) in [6.07, 6.45) is 1.93. The Kier molecular flexibility index (Phi) is 6.06. The van der Waals surface area contributed by atoms with E-state index >= 15 is 0 Å². The van der Waals surface area contributed by atoms with Gasteiger partial charge >= 0.3 is 0 Å². The van der Waals surface area contributed by atoms with Crippen molar-refractivity contribution < 1.29 is 4.74 Å². The highest BCUT2D eigenvalue weighted by Crippen LogP contribution is 2.20. The van der Waals surface area contributed by atoms with Crippen molar-refractivity contribution >= 4 is 11.6 Å². The highest BCUT2D eigenvalue weighted by molar-refractivity contribution is 6.30. The van der Waals surface area contributed by atoms with Crippen LogP contribution in [-0.4, -0.2) is 13.2 Å². The first kappa shape index (κ1) is 15.0. The third kappa shape index (κ3) is 4.64. The van der Waals surface area contributed by atoms with Gasteiger partial charge in [-0.05, 0) is 36.1 Å². The van der Waals surface area contributed by atoms with Crippen LogP contribution in [0.1, 0.15) is 23.7 Å². The van der Waals surface area contributed by atoms with Crippen molar-refractivity contribution in [2.45, 2.75) is 18.9 Å². The van der Waals surface area contributed by atoms with E-state index in [2.05, 4.69) is 24.3 Å². The number of rotatable bonds is 7. The van der Waals surface area contributed by atoms with Crippen LogP contribution in [0.4, 0.5) is 0 Å². The summed E-state index contributed by atoms with van der Waals surface area (Å²) in [5.41, 5.74) is 8.16. The zero-order valence-corrected chi connectivity index (χ0v) is 12.2. The maximum atomic E-state index is 5.99. The normalized spacial score (nSPS) is 12.3. The predicted octanol–water partition coefficient (Wildman–Crippen LogP) is 3.99. The molecule has 0 saturated carbocycles. The Balaban J connectivity index is 1.80. The lowest BCUT2D eigenvalue weighted by Crippen LogP contribution is -2.16. The second kappa shape index (κ2) is 8.05. The quantitative estimate of drug-likeness (QED) is 0.782. The van der Waals surface area contributed by atoms with Gasteiger partial charge in [-0.15, -0.1) is 0 Å². The highest BCUT2D eigenvalue weighted by atomic mass is 35.5. The lowest BCUT2D eigenvalue weighted by atomic mass is 10.1. The third-order valence-electron chi connectivity index (χ3n) is 3.21. The molecule has 0 aromatic heterocycles. The van der Waals surface area contributed by atoms with E-state index in [4.69, 9.17) is 22.1 Å². The number of halogens is 1. The summed E-state index contributed by atoms with van der Waals surface area (Å²) >= 11 is 5.99. The smallest absolute Gasteiger partial charge is 0.0947 e. The van der Waals surface area contributed by atoms with Crippen molar-refractivity contribution in [1.82, 2.24) is 0 Å². The zero-order valence-electron chi connectivity index (χ0n) is 11.5. The molecule has 0 fully saturated rings. The van der Waals surface area contributed by atoms with Crippen LogP contribution in [-0.2, 0) is 11.2 Å². The van der Waals surface area contributed by atoms with Crippen molar-refractivity contribution in [2.75, 3.05) is 13.2 Å². The molecule has 0 spiro atoms. The van der Waals surface area contributed by atoms with E-state index in [9.17, 15) is 0 Å². The Bertz CT molecular complexity index is 515. The summed E-state index contributed by atoms with van der Waals surface area (Å²) in [7, 11) is 0. The second-order valence-electron chi connectivity index (χ2n) is 4.74. The van der Waals surface area contributed by atoms with Gasteiger partial charge in [0, 0.05) is 18.2 Å². The molecule has 0 heterocycles. The van der Waals surface area contributed by atoms with Crippen LogP contribution in [0.3, 0.4) is 0 Å². The van der Waals surface area contributed by atoms with Crippen LogP contribution >= 0.6 is 11.6 Å². The molecule has 20 heavy (non-hydrogen) atoms. The molecule has 2 aromatic rings. The molecule has 1 atom stereocenters. The molecule has 2 aromatic carbocycles. The van der Waals surface area contributed by atoms with Gasteiger partial charge in [0.05, 0.1) is 6.10 Å². The second-order valence-corrected chi connectivity index (χ2v) is 5.18. The van der Waals surface area contributed by atoms with Gasteiger partial charge in [-0.3, -0.25) is 0 Å². The monoisotopic (exact) mass is 289 g/mol. The summed E-state index contributed by atoms with van der Waals surface area (Å²) in [5.74, 6) is 0. The molecule has 0 aliphatic heterocycles. The average Bonchev–Trinajstić information content (AvgIpc) is 2.48. The van der Waals surface area contributed by atoms with Crippen LogP contribution in [0, 0.1) is 0 Å². The average molecular weight is 290 g/mol. The van der Waals surface area contributed by atoms with Crippen molar-refractivity contribution in [3.63, 3.8) is 0 Å². The molecule has 0 aliphatic carbocycles. The fraction of sp³-hybridized carbons (Fsp3) is 0.294. The van der Waals surface area contributed by atoms with Gasteiger partial charge in [-0.2, -0.15) is 0 Å². The van der Waals surface area contributed by atoms with Crippen molar-refractivity contribution in [3.05, 3.63) is 70.7 Å². The Morgan fingerprint density at radius 3 is 2.55 bits per heavy atom. The molecule has 0 aliphatic rings. The molecule has 2 nitrogen and oxygen atoms in total. The number of benzene rings is 2. The molecule has 106 valence electrons. The standard InChI is InChI=1S/C17H20ClNO/c18-16-10-4-9-15(12-16)17(13-19)20-11-5-8-14-6-2-1-3-7-14/h1-4,6-7,9-10,12,17H,5,8,11,13,19H2. The van der Waals surface area contributed by atoms with Crippen LogP contribution in [0.2, 0.25) is 5.02 Å². The van der Waals surface area contributed by atoms with Crippen molar-refractivity contribution in [1.29, 1.82) is 0 Å². The summed E-state index contributed by atoms with van der Waals surface area (Å²) in [6.45, 7) is 1.16. The zero-order chi connectivity index (χ0) is 14.2. The van der Waals surface area contributed by atoms with E-state index in [1.165, 1.54) is 5.56 Å². The van der Waals surface area contributed by atoms with E-state index in [1.54, 1.807) is 0 Å². The van der Waals surface area contributed by atoms with Gasteiger partial charge in [0.1, 0.15) is 0 Å². The first-order valence-electron chi connectivity index (χ1n) is 6.90. The molecule has 0 bridgehead atoms. The molecule has 1 unspecified atom stereocenters. The minimum Gasteiger partial charge on any atom is -0.372 e. The Morgan fingerprint density at radius 1 is 1.05 bits per heavy atom. The molecule has 2 N–H and O–H groups in total. The van der Waals surface area contributed by atoms with Crippen LogP contribution in [0.5, 0.6) is 0 Å². The molecule has 3 heteroatoms. The topological polar surface area (TPSA) is 35.2 Å². The number of nitrogens with two attached hydrogens (primary N) is 1. The first-order chi connectivity index (χ1) is 9.79. The van der Waals surface area contributed by atoms with E-state index in [-0.39, 0.29) is 6.10 Å². The molecule has 0 amide bonds. The lowest BCUT2D eigenvalue weighted by molar-refractivity contribution is 0.0571. The largest absolute Gasteiger partial charge is 0.372 e. The van der Waals surface area contributed by atoms with E-state index in [0.29, 0.717) is 18.2 Å². The minimum atomic E-state index is -0.0792. The van der Waals surface area contributed by atoms with Crippen molar-refractivity contribution in [2.24, 2.45) is 5.73 Å². The SMILES string of the molecule is NCC(OCCCc1ccccc1)c1cccc(Cl)c1. The van der Waals surface area contributed by atoms with Gasteiger partial charge in [-0.1, -0.05) is 54.1 Å². The third-order valence-corrected chi connectivity index (χ3v) is 3.44. The molecule has 2 rings (SSSR count). The molecule has 0 saturated heterocycles. The lowest BCUT2D eigenvalue weighted by Gasteiger charge is -2.16. The van der Waals surface area contributed by atoms with Crippen LogP contribution in [0.15, 0.2) is 54.6 Å². The Morgan fingerprint density at radius 2 is 1.85 bits per heavy atom. The maximum absolute atomic E-state index is 5.99. The summed E-state index contributed by atoms with van der Waals surface area (Å²) < 4.78 is 5.87. The van der Waals surface area contributed by atoms with Crippen LogP contribution in [0.25, 0.3) is 0 Å². The maximum Gasteiger partial charge on any atom is 0.0947 e. The number of aryl methyl sites for hydroxylation is 1. The van der Waals surface area contributed by atoms with Crippen LogP contribution < -0.4 is 5.73 Å².